The molecule has 0 fully saturated rings. The Morgan fingerprint density at radius 2 is 1.68 bits per heavy atom. The highest BCUT2D eigenvalue weighted by Gasteiger charge is 2.37. The van der Waals surface area contributed by atoms with Crippen LogP contribution in [0, 0.1) is 0 Å². The number of rotatable bonds is 3. The number of aromatic nitrogens is 2. The van der Waals surface area contributed by atoms with Crippen molar-refractivity contribution in [2.75, 3.05) is 0 Å². The van der Waals surface area contributed by atoms with Gasteiger partial charge in [-0.25, -0.2) is 0 Å². The zero-order valence-corrected chi connectivity index (χ0v) is 13.2. The molecule has 0 spiro atoms. The number of carbonyl (C=O) groups is 1. The highest BCUT2D eigenvalue weighted by atomic mass is 19.4. The third-order valence-corrected chi connectivity index (χ3v) is 3.84. The van der Waals surface area contributed by atoms with Crippen LogP contribution in [0.1, 0.15) is 16.1 Å². The molecule has 0 saturated heterocycles. The molecular weight excluding hydrogens is 331 g/mol. The SMILES string of the molecule is Cn1nc(-c2cccc(-c3ccccc3)c2C(F)(F)F)cc1C(N)=O. The second-order valence-corrected chi connectivity index (χ2v) is 5.49. The fourth-order valence-corrected chi connectivity index (χ4v) is 2.76. The van der Waals surface area contributed by atoms with Crippen molar-refractivity contribution in [3.8, 4) is 22.4 Å². The Morgan fingerprint density at radius 1 is 1.04 bits per heavy atom. The molecule has 3 rings (SSSR count). The van der Waals surface area contributed by atoms with Crippen molar-refractivity contribution in [3.05, 3.63) is 65.9 Å². The molecule has 0 atom stereocenters. The van der Waals surface area contributed by atoms with E-state index in [1.165, 1.54) is 36.0 Å². The van der Waals surface area contributed by atoms with Gasteiger partial charge in [-0.1, -0.05) is 48.5 Å². The molecule has 1 aromatic heterocycles. The summed E-state index contributed by atoms with van der Waals surface area (Å²) in [5.41, 5.74) is 4.91. The van der Waals surface area contributed by atoms with Gasteiger partial charge in [0.2, 0.25) is 0 Å². The van der Waals surface area contributed by atoms with E-state index in [4.69, 9.17) is 5.73 Å². The summed E-state index contributed by atoms with van der Waals surface area (Å²) < 4.78 is 42.6. The van der Waals surface area contributed by atoms with Crippen LogP contribution in [0.15, 0.2) is 54.6 Å². The van der Waals surface area contributed by atoms with E-state index in [-0.39, 0.29) is 22.5 Å². The van der Waals surface area contributed by atoms with Crippen LogP contribution in [0.25, 0.3) is 22.4 Å². The highest BCUT2D eigenvalue weighted by molar-refractivity contribution is 5.92. The molecule has 25 heavy (non-hydrogen) atoms. The van der Waals surface area contributed by atoms with Gasteiger partial charge in [0.25, 0.3) is 5.91 Å². The van der Waals surface area contributed by atoms with Gasteiger partial charge in [0, 0.05) is 12.6 Å². The molecule has 4 nitrogen and oxygen atoms in total. The Kier molecular flexibility index (Phi) is 4.08. The summed E-state index contributed by atoms with van der Waals surface area (Å²) in [4.78, 5) is 11.4. The van der Waals surface area contributed by atoms with Gasteiger partial charge in [0.15, 0.2) is 0 Å². The summed E-state index contributed by atoms with van der Waals surface area (Å²) in [5.74, 6) is -0.756. The first kappa shape index (κ1) is 16.8. The molecule has 0 unspecified atom stereocenters. The number of alkyl halides is 3. The van der Waals surface area contributed by atoms with Gasteiger partial charge in [0.05, 0.1) is 11.3 Å². The molecule has 2 N–H and O–H groups in total. The smallest absolute Gasteiger partial charge is 0.364 e. The van der Waals surface area contributed by atoms with Crippen LogP contribution in [-0.4, -0.2) is 15.7 Å². The average molecular weight is 345 g/mol. The third-order valence-electron chi connectivity index (χ3n) is 3.84. The monoisotopic (exact) mass is 345 g/mol. The number of nitrogens with two attached hydrogens (primary N) is 1. The predicted molar refractivity (Wildman–Crippen MR) is 87.6 cm³/mol. The highest BCUT2D eigenvalue weighted by Crippen LogP contribution is 2.42. The normalized spacial score (nSPS) is 11.5. The lowest BCUT2D eigenvalue weighted by Gasteiger charge is -2.16. The molecule has 7 heteroatoms. The maximum Gasteiger partial charge on any atom is 0.417 e. The molecule has 0 saturated carbocycles. The number of amides is 1. The standard InChI is InChI=1S/C18H14F3N3O/c1-24-15(17(22)25)10-14(23-24)13-9-5-8-12(16(13)18(19,20)21)11-6-3-2-4-7-11/h2-10H,1H3,(H2,22,25). The van der Waals surface area contributed by atoms with E-state index in [0.29, 0.717) is 5.56 Å². The van der Waals surface area contributed by atoms with Crippen LogP contribution in [0.4, 0.5) is 13.2 Å². The average Bonchev–Trinajstić information content (AvgIpc) is 2.96. The van der Waals surface area contributed by atoms with Gasteiger partial charge in [0.1, 0.15) is 5.69 Å². The molecule has 0 aliphatic rings. The van der Waals surface area contributed by atoms with E-state index in [9.17, 15) is 18.0 Å². The second kappa shape index (κ2) is 6.08. The number of hydrogen-bond acceptors (Lipinski definition) is 2. The molecule has 2 aromatic carbocycles. The summed E-state index contributed by atoms with van der Waals surface area (Å²) in [6.45, 7) is 0. The van der Waals surface area contributed by atoms with Crippen LogP contribution in [-0.2, 0) is 13.2 Å². The van der Waals surface area contributed by atoms with Crippen LogP contribution in [0.5, 0.6) is 0 Å². The van der Waals surface area contributed by atoms with E-state index in [1.807, 2.05) is 0 Å². The van der Waals surface area contributed by atoms with Gasteiger partial charge >= 0.3 is 6.18 Å². The molecule has 0 bridgehead atoms. The Morgan fingerprint density at radius 3 is 2.24 bits per heavy atom. The summed E-state index contributed by atoms with van der Waals surface area (Å²) in [6.07, 6.45) is -4.59. The second-order valence-electron chi connectivity index (χ2n) is 5.49. The number of benzene rings is 2. The molecular formula is C18H14F3N3O. The number of hydrogen-bond donors (Lipinski definition) is 1. The topological polar surface area (TPSA) is 60.9 Å². The van der Waals surface area contributed by atoms with Crippen molar-refractivity contribution < 1.29 is 18.0 Å². The van der Waals surface area contributed by atoms with E-state index in [0.717, 1.165) is 0 Å². The van der Waals surface area contributed by atoms with Crippen molar-refractivity contribution in [1.29, 1.82) is 0 Å². The van der Waals surface area contributed by atoms with E-state index >= 15 is 0 Å². The van der Waals surface area contributed by atoms with Crippen molar-refractivity contribution in [2.45, 2.75) is 6.18 Å². The molecule has 1 amide bonds. The first-order valence-electron chi connectivity index (χ1n) is 7.39. The number of nitrogens with zero attached hydrogens (tertiary/aromatic N) is 2. The third kappa shape index (κ3) is 3.13. The van der Waals surface area contributed by atoms with Gasteiger partial charge in [-0.3, -0.25) is 9.48 Å². The molecule has 3 aromatic rings. The zero-order chi connectivity index (χ0) is 18.2. The first-order valence-corrected chi connectivity index (χ1v) is 7.39. The van der Waals surface area contributed by atoms with Crippen molar-refractivity contribution in [3.63, 3.8) is 0 Å². The number of aryl methyl sites for hydroxylation is 1. The van der Waals surface area contributed by atoms with Crippen LogP contribution in [0.2, 0.25) is 0 Å². The maximum atomic E-state index is 13.8. The number of primary amides is 1. The number of halogens is 3. The summed E-state index contributed by atoms with van der Waals surface area (Å²) >= 11 is 0. The zero-order valence-electron chi connectivity index (χ0n) is 13.2. The van der Waals surface area contributed by atoms with Gasteiger partial charge < -0.3 is 5.73 Å². The Labute approximate surface area is 141 Å². The van der Waals surface area contributed by atoms with Crippen molar-refractivity contribution in [1.82, 2.24) is 9.78 Å². The van der Waals surface area contributed by atoms with Crippen molar-refractivity contribution in [2.24, 2.45) is 12.8 Å². The fourth-order valence-electron chi connectivity index (χ4n) is 2.76. The number of carbonyl (C=O) groups excluding carboxylic acids is 1. The Balaban J connectivity index is 2.28. The van der Waals surface area contributed by atoms with E-state index in [2.05, 4.69) is 5.10 Å². The first-order chi connectivity index (χ1) is 11.8. The Bertz CT molecular complexity index is 930. The van der Waals surface area contributed by atoms with Crippen molar-refractivity contribution >= 4 is 5.91 Å². The minimum atomic E-state index is -4.59. The molecule has 0 radical (unpaired) electrons. The van der Waals surface area contributed by atoms with Gasteiger partial charge in [-0.15, -0.1) is 0 Å². The maximum absolute atomic E-state index is 13.8. The molecule has 0 aliphatic heterocycles. The lowest BCUT2D eigenvalue weighted by molar-refractivity contribution is -0.136. The quantitative estimate of drug-likeness (QED) is 0.783. The molecule has 0 aliphatic carbocycles. The summed E-state index contributed by atoms with van der Waals surface area (Å²) in [6, 6.07) is 13.9. The van der Waals surface area contributed by atoms with Gasteiger partial charge in [-0.2, -0.15) is 18.3 Å². The molecule has 128 valence electrons. The van der Waals surface area contributed by atoms with Crippen LogP contribution in [0.3, 0.4) is 0 Å². The largest absolute Gasteiger partial charge is 0.417 e. The lowest BCUT2D eigenvalue weighted by Crippen LogP contribution is -2.15. The van der Waals surface area contributed by atoms with E-state index < -0.39 is 17.6 Å². The Hall–Kier alpha value is -3.09. The van der Waals surface area contributed by atoms with E-state index in [1.54, 1.807) is 30.3 Å². The minimum Gasteiger partial charge on any atom is -0.364 e. The fraction of sp³-hybridized carbons (Fsp3) is 0.111. The van der Waals surface area contributed by atoms with Gasteiger partial charge in [-0.05, 0) is 17.2 Å². The lowest BCUT2D eigenvalue weighted by atomic mass is 9.93. The predicted octanol–water partition coefficient (Wildman–Crippen LogP) is 3.87. The molecule has 1 heterocycles. The minimum absolute atomic E-state index is 0.0354. The van der Waals surface area contributed by atoms with Crippen LogP contribution >= 0.6 is 0 Å². The summed E-state index contributed by atoms with van der Waals surface area (Å²) in [7, 11) is 1.46. The van der Waals surface area contributed by atoms with Crippen LogP contribution < -0.4 is 5.73 Å². The summed E-state index contributed by atoms with van der Waals surface area (Å²) in [5, 5.41) is 4.03.